The molecule has 3 unspecified atom stereocenters. The summed E-state index contributed by atoms with van der Waals surface area (Å²) in [6.07, 6.45) is 2.85. The van der Waals surface area contributed by atoms with E-state index < -0.39 is 0 Å². The quantitative estimate of drug-likeness (QED) is 0.869. The molecule has 1 aliphatic heterocycles. The topological polar surface area (TPSA) is 21.3 Å². The lowest BCUT2D eigenvalue weighted by atomic mass is 10.0. The summed E-state index contributed by atoms with van der Waals surface area (Å²) >= 11 is 2.09. The first-order valence-corrected chi connectivity index (χ1v) is 8.75. The van der Waals surface area contributed by atoms with Crippen LogP contribution in [0.2, 0.25) is 0 Å². The number of thioether (sulfide) groups is 1. The van der Waals surface area contributed by atoms with Crippen LogP contribution in [-0.4, -0.2) is 23.1 Å². The molecule has 3 atom stereocenters. The lowest BCUT2D eigenvalue weighted by Crippen LogP contribution is -2.40. The minimum atomic E-state index is 0.225. The molecule has 3 heteroatoms. The van der Waals surface area contributed by atoms with Crippen LogP contribution in [0, 0.1) is 0 Å². The Morgan fingerprint density at radius 3 is 2.80 bits per heavy atom. The molecule has 0 radical (unpaired) electrons. The molecule has 1 aliphatic rings. The normalized spacial score (nSPS) is 24.6. The average Bonchev–Trinajstić information content (AvgIpc) is 2.41. The Hall–Kier alpha value is -0.670. The van der Waals surface area contributed by atoms with Crippen molar-refractivity contribution in [2.45, 2.75) is 64.0 Å². The maximum atomic E-state index is 5.78. The van der Waals surface area contributed by atoms with E-state index in [9.17, 15) is 0 Å². The molecule has 1 fully saturated rings. The van der Waals surface area contributed by atoms with Crippen molar-refractivity contribution in [3.63, 3.8) is 0 Å². The third-order valence-electron chi connectivity index (χ3n) is 3.80. The first-order valence-electron chi connectivity index (χ1n) is 7.70. The van der Waals surface area contributed by atoms with Gasteiger partial charge < -0.3 is 10.1 Å². The highest BCUT2D eigenvalue weighted by Crippen LogP contribution is 2.28. The van der Waals surface area contributed by atoms with Gasteiger partial charge in [0.1, 0.15) is 5.75 Å². The average molecular weight is 293 g/mol. The third-order valence-corrected chi connectivity index (χ3v) is 5.18. The van der Waals surface area contributed by atoms with Gasteiger partial charge in [-0.3, -0.25) is 0 Å². The van der Waals surface area contributed by atoms with Crippen molar-refractivity contribution in [3.05, 3.63) is 29.8 Å². The molecule has 1 aromatic rings. The Labute approximate surface area is 127 Å². The highest BCUT2D eigenvalue weighted by Gasteiger charge is 2.23. The Balaban J connectivity index is 1.99. The van der Waals surface area contributed by atoms with Crippen molar-refractivity contribution in [2.24, 2.45) is 0 Å². The number of hydrogen-bond donors (Lipinski definition) is 1. The van der Waals surface area contributed by atoms with Gasteiger partial charge in [0.2, 0.25) is 0 Å². The molecular formula is C17H27NOS. The van der Waals surface area contributed by atoms with Crippen LogP contribution < -0.4 is 10.1 Å². The van der Waals surface area contributed by atoms with Gasteiger partial charge in [0.05, 0.1) is 6.10 Å². The maximum absolute atomic E-state index is 5.78. The van der Waals surface area contributed by atoms with Gasteiger partial charge in [0, 0.05) is 17.3 Å². The third kappa shape index (κ3) is 4.42. The summed E-state index contributed by atoms with van der Waals surface area (Å²) in [5.41, 5.74) is 1.31. The zero-order chi connectivity index (χ0) is 14.5. The Kier molecular flexibility index (Phi) is 5.79. The van der Waals surface area contributed by atoms with Crippen LogP contribution in [-0.2, 0) is 0 Å². The van der Waals surface area contributed by atoms with Crippen LogP contribution in [0.15, 0.2) is 24.3 Å². The largest absolute Gasteiger partial charge is 0.491 e. The fraction of sp³-hybridized carbons (Fsp3) is 0.647. The van der Waals surface area contributed by atoms with E-state index in [1.165, 1.54) is 24.2 Å². The van der Waals surface area contributed by atoms with Crippen LogP contribution in [0.4, 0.5) is 0 Å². The number of ether oxygens (including phenoxy) is 1. The van der Waals surface area contributed by atoms with Crippen LogP contribution in [0.5, 0.6) is 5.75 Å². The molecule has 2 rings (SSSR count). The summed E-state index contributed by atoms with van der Waals surface area (Å²) in [7, 11) is 0. The summed E-state index contributed by atoms with van der Waals surface area (Å²) < 4.78 is 5.78. The minimum absolute atomic E-state index is 0.225. The van der Waals surface area contributed by atoms with Gasteiger partial charge >= 0.3 is 0 Å². The molecule has 1 N–H and O–H groups in total. The molecule has 0 aliphatic carbocycles. The van der Waals surface area contributed by atoms with Crippen molar-refractivity contribution in [3.8, 4) is 5.75 Å². The van der Waals surface area contributed by atoms with Crippen LogP contribution >= 0.6 is 11.8 Å². The van der Waals surface area contributed by atoms with E-state index >= 15 is 0 Å². The lowest BCUT2D eigenvalue weighted by molar-refractivity contribution is 0.242. The second-order valence-corrected chi connectivity index (χ2v) is 7.44. The Bertz CT molecular complexity index is 421. The number of hydrogen-bond acceptors (Lipinski definition) is 3. The van der Waals surface area contributed by atoms with Crippen molar-refractivity contribution in [1.82, 2.24) is 5.32 Å². The summed E-state index contributed by atoms with van der Waals surface area (Å²) in [6, 6.07) is 9.47. The van der Waals surface area contributed by atoms with Crippen LogP contribution in [0.25, 0.3) is 0 Å². The molecule has 0 aromatic heterocycles. The second-order valence-electron chi connectivity index (χ2n) is 5.95. The van der Waals surface area contributed by atoms with E-state index in [-0.39, 0.29) is 6.10 Å². The van der Waals surface area contributed by atoms with Gasteiger partial charge in [0.25, 0.3) is 0 Å². The molecule has 112 valence electrons. The van der Waals surface area contributed by atoms with Crippen molar-refractivity contribution in [2.75, 3.05) is 5.75 Å². The SMILES string of the molecule is CC(C)Oc1cccc(C(C)NC2CCCSC2C)c1. The van der Waals surface area contributed by atoms with Gasteiger partial charge in [0.15, 0.2) is 0 Å². The molecule has 2 nitrogen and oxygen atoms in total. The highest BCUT2D eigenvalue weighted by atomic mass is 32.2. The zero-order valence-corrected chi connectivity index (χ0v) is 13.9. The standard InChI is InChI=1S/C17H27NOS/c1-12(2)19-16-8-5-7-15(11-16)13(3)18-17-9-6-10-20-14(17)4/h5,7-8,11-14,17-18H,6,9-10H2,1-4H3. The molecule has 1 saturated heterocycles. The van der Waals surface area contributed by atoms with Crippen molar-refractivity contribution in [1.29, 1.82) is 0 Å². The summed E-state index contributed by atoms with van der Waals surface area (Å²) in [4.78, 5) is 0. The Morgan fingerprint density at radius 1 is 1.30 bits per heavy atom. The molecule has 0 saturated carbocycles. The summed E-state index contributed by atoms with van der Waals surface area (Å²) in [5.74, 6) is 2.28. The molecule has 0 bridgehead atoms. The zero-order valence-electron chi connectivity index (χ0n) is 13.1. The van der Waals surface area contributed by atoms with E-state index in [0.717, 1.165) is 5.75 Å². The van der Waals surface area contributed by atoms with Gasteiger partial charge in [-0.15, -0.1) is 0 Å². The monoisotopic (exact) mass is 293 g/mol. The van der Waals surface area contributed by atoms with Gasteiger partial charge in [-0.1, -0.05) is 19.1 Å². The summed E-state index contributed by atoms with van der Waals surface area (Å²) in [6.45, 7) is 8.72. The van der Waals surface area contributed by atoms with Crippen LogP contribution in [0.1, 0.15) is 52.1 Å². The summed E-state index contributed by atoms with van der Waals surface area (Å²) in [5, 5.41) is 4.50. The fourth-order valence-electron chi connectivity index (χ4n) is 2.69. The van der Waals surface area contributed by atoms with Gasteiger partial charge in [-0.2, -0.15) is 11.8 Å². The van der Waals surface area contributed by atoms with Gasteiger partial charge in [-0.05, 0) is 57.1 Å². The van der Waals surface area contributed by atoms with E-state index in [0.29, 0.717) is 17.3 Å². The smallest absolute Gasteiger partial charge is 0.120 e. The van der Waals surface area contributed by atoms with Crippen molar-refractivity contribution >= 4 is 11.8 Å². The van der Waals surface area contributed by atoms with E-state index in [1.54, 1.807) is 0 Å². The predicted octanol–water partition coefficient (Wildman–Crippen LogP) is 4.41. The number of rotatable bonds is 5. The first kappa shape index (κ1) is 15.7. The lowest BCUT2D eigenvalue weighted by Gasteiger charge is -2.32. The van der Waals surface area contributed by atoms with Crippen molar-refractivity contribution < 1.29 is 4.74 Å². The van der Waals surface area contributed by atoms with Gasteiger partial charge in [-0.25, -0.2) is 0 Å². The fourth-order valence-corrected chi connectivity index (χ4v) is 3.84. The molecule has 0 amide bonds. The van der Waals surface area contributed by atoms with E-state index in [1.807, 2.05) is 6.07 Å². The Morgan fingerprint density at radius 2 is 2.10 bits per heavy atom. The predicted molar refractivity (Wildman–Crippen MR) is 88.7 cm³/mol. The maximum Gasteiger partial charge on any atom is 0.120 e. The molecular weight excluding hydrogens is 266 g/mol. The molecule has 20 heavy (non-hydrogen) atoms. The number of nitrogens with one attached hydrogen (secondary N) is 1. The highest BCUT2D eigenvalue weighted by molar-refractivity contribution is 7.99. The first-order chi connectivity index (χ1) is 9.56. The van der Waals surface area contributed by atoms with E-state index in [2.05, 4.69) is 63.0 Å². The minimum Gasteiger partial charge on any atom is -0.491 e. The van der Waals surface area contributed by atoms with Crippen LogP contribution in [0.3, 0.4) is 0 Å². The van der Waals surface area contributed by atoms with E-state index in [4.69, 9.17) is 4.74 Å². The second kappa shape index (κ2) is 7.37. The molecule has 1 heterocycles. The molecule has 1 aromatic carbocycles. The molecule has 0 spiro atoms. The number of benzene rings is 1.